The molecule has 1 fully saturated rings. The SMILES string of the molecule is CCCNc1ncnc(NCCOCC2CC2)c1OC. The van der Waals surface area contributed by atoms with E-state index in [1.54, 1.807) is 7.11 Å². The highest BCUT2D eigenvalue weighted by molar-refractivity contribution is 5.63. The zero-order valence-corrected chi connectivity index (χ0v) is 12.3. The first-order valence-electron chi connectivity index (χ1n) is 7.29. The Morgan fingerprint density at radius 2 is 1.90 bits per heavy atom. The number of hydrogen-bond donors (Lipinski definition) is 2. The maximum absolute atomic E-state index is 5.59. The molecule has 0 aliphatic heterocycles. The molecule has 0 atom stereocenters. The van der Waals surface area contributed by atoms with Gasteiger partial charge in [0.2, 0.25) is 5.75 Å². The monoisotopic (exact) mass is 280 g/mol. The quantitative estimate of drug-likeness (QED) is 0.640. The fourth-order valence-corrected chi connectivity index (χ4v) is 1.84. The Bertz CT molecular complexity index is 410. The van der Waals surface area contributed by atoms with Gasteiger partial charge in [-0.15, -0.1) is 0 Å². The summed E-state index contributed by atoms with van der Waals surface area (Å²) in [5.41, 5.74) is 0. The van der Waals surface area contributed by atoms with Gasteiger partial charge < -0.3 is 20.1 Å². The van der Waals surface area contributed by atoms with Crippen molar-refractivity contribution in [3.63, 3.8) is 0 Å². The molecular weight excluding hydrogens is 256 g/mol. The van der Waals surface area contributed by atoms with Crippen LogP contribution in [0.1, 0.15) is 26.2 Å². The van der Waals surface area contributed by atoms with Crippen molar-refractivity contribution in [2.75, 3.05) is 44.0 Å². The summed E-state index contributed by atoms with van der Waals surface area (Å²) in [4.78, 5) is 8.43. The van der Waals surface area contributed by atoms with Crippen LogP contribution in [0.3, 0.4) is 0 Å². The minimum atomic E-state index is 0.656. The lowest BCUT2D eigenvalue weighted by Crippen LogP contribution is -2.13. The zero-order valence-electron chi connectivity index (χ0n) is 12.3. The smallest absolute Gasteiger partial charge is 0.204 e. The van der Waals surface area contributed by atoms with Crippen LogP contribution in [-0.4, -0.2) is 43.4 Å². The van der Waals surface area contributed by atoms with Gasteiger partial charge in [-0.2, -0.15) is 0 Å². The van der Waals surface area contributed by atoms with Gasteiger partial charge in [-0.1, -0.05) is 6.92 Å². The molecule has 6 nitrogen and oxygen atoms in total. The van der Waals surface area contributed by atoms with Gasteiger partial charge in [0, 0.05) is 19.7 Å². The Kier molecular flexibility index (Phi) is 5.86. The van der Waals surface area contributed by atoms with Gasteiger partial charge in [0.1, 0.15) is 6.33 Å². The molecule has 112 valence electrons. The van der Waals surface area contributed by atoms with Crippen molar-refractivity contribution in [3.05, 3.63) is 6.33 Å². The van der Waals surface area contributed by atoms with E-state index in [1.807, 2.05) is 0 Å². The minimum Gasteiger partial charge on any atom is -0.490 e. The van der Waals surface area contributed by atoms with E-state index >= 15 is 0 Å². The number of methoxy groups -OCH3 is 1. The van der Waals surface area contributed by atoms with Crippen molar-refractivity contribution in [2.45, 2.75) is 26.2 Å². The number of nitrogens with one attached hydrogen (secondary N) is 2. The Hall–Kier alpha value is -1.56. The Labute approximate surface area is 120 Å². The molecule has 1 saturated carbocycles. The largest absolute Gasteiger partial charge is 0.490 e. The van der Waals surface area contributed by atoms with Crippen LogP contribution in [0.4, 0.5) is 11.6 Å². The second-order valence-electron chi connectivity index (χ2n) is 4.98. The van der Waals surface area contributed by atoms with E-state index in [4.69, 9.17) is 9.47 Å². The maximum Gasteiger partial charge on any atom is 0.204 e. The summed E-state index contributed by atoms with van der Waals surface area (Å²) >= 11 is 0. The standard InChI is InChI=1S/C14H24N4O2/c1-3-6-15-13-12(19-2)14(18-10-17-13)16-7-8-20-9-11-4-5-11/h10-11H,3-9H2,1-2H3,(H2,15,16,17,18). The van der Waals surface area contributed by atoms with Crippen LogP contribution in [0.15, 0.2) is 6.33 Å². The van der Waals surface area contributed by atoms with E-state index in [0.717, 1.165) is 31.3 Å². The normalized spacial score (nSPS) is 14.1. The Balaban J connectivity index is 1.81. The molecule has 0 saturated heterocycles. The molecule has 1 aliphatic carbocycles. The molecule has 1 heterocycles. The summed E-state index contributed by atoms with van der Waals surface area (Å²) in [5, 5.41) is 6.47. The first-order valence-corrected chi connectivity index (χ1v) is 7.29. The predicted molar refractivity (Wildman–Crippen MR) is 79.4 cm³/mol. The van der Waals surface area contributed by atoms with E-state index in [9.17, 15) is 0 Å². The molecule has 0 spiro atoms. The van der Waals surface area contributed by atoms with E-state index in [-0.39, 0.29) is 0 Å². The molecule has 1 aromatic rings. The maximum atomic E-state index is 5.59. The van der Waals surface area contributed by atoms with E-state index in [1.165, 1.54) is 19.2 Å². The number of rotatable bonds is 10. The fraction of sp³-hybridized carbons (Fsp3) is 0.714. The van der Waals surface area contributed by atoms with Gasteiger partial charge in [-0.25, -0.2) is 9.97 Å². The first-order chi connectivity index (χ1) is 9.85. The third kappa shape index (κ3) is 4.52. The number of aromatic nitrogens is 2. The molecule has 20 heavy (non-hydrogen) atoms. The van der Waals surface area contributed by atoms with Gasteiger partial charge in [-0.3, -0.25) is 0 Å². The van der Waals surface area contributed by atoms with Crippen LogP contribution in [0.2, 0.25) is 0 Å². The molecule has 0 bridgehead atoms. The lowest BCUT2D eigenvalue weighted by atomic mass is 10.4. The second-order valence-corrected chi connectivity index (χ2v) is 4.98. The molecular formula is C14H24N4O2. The molecule has 0 radical (unpaired) electrons. The zero-order chi connectivity index (χ0) is 14.2. The van der Waals surface area contributed by atoms with Crippen LogP contribution < -0.4 is 15.4 Å². The van der Waals surface area contributed by atoms with Crippen LogP contribution in [0, 0.1) is 5.92 Å². The summed E-state index contributed by atoms with van der Waals surface area (Å²) in [6, 6.07) is 0. The average molecular weight is 280 g/mol. The summed E-state index contributed by atoms with van der Waals surface area (Å²) in [5.74, 6) is 2.89. The lowest BCUT2D eigenvalue weighted by Gasteiger charge is -2.13. The topological polar surface area (TPSA) is 68.3 Å². The highest BCUT2D eigenvalue weighted by Gasteiger charge is 2.20. The number of anilines is 2. The van der Waals surface area contributed by atoms with Gasteiger partial charge >= 0.3 is 0 Å². The van der Waals surface area contributed by atoms with Crippen LogP contribution in [-0.2, 0) is 4.74 Å². The molecule has 1 aromatic heterocycles. The van der Waals surface area contributed by atoms with Crippen LogP contribution in [0.25, 0.3) is 0 Å². The Morgan fingerprint density at radius 1 is 1.20 bits per heavy atom. The summed E-state index contributed by atoms with van der Waals surface area (Å²) < 4.78 is 11.0. The van der Waals surface area contributed by atoms with Gasteiger partial charge in [0.25, 0.3) is 0 Å². The van der Waals surface area contributed by atoms with E-state index in [0.29, 0.717) is 24.7 Å². The summed E-state index contributed by atoms with van der Waals surface area (Å²) in [6.45, 7) is 5.24. The van der Waals surface area contributed by atoms with Gasteiger partial charge in [0.15, 0.2) is 11.6 Å². The van der Waals surface area contributed by atoms with Crippen molar-refractivity contribution in [2.24, 2.45) is 5.92 Å². The fourth-order valence-electron chi connectivity index (χ4n) is 1.84. The van der Waals surface area contributed by atoms with Crippen LogP contribution in [0.5, 0.6) is 5.75 Å². The average Bonchev–Trinajstić information content (AvgIpc) is 3.29. The van der Waals surface area contributed by atoms with Gasteiger partial charge in [0.05, 0.1) is 13.7 Å². The highest BCUT2D eigenvalue weighted by Crippen LogP contribution is 2.29. The van der Waals surface area contributed by atoms with Crippen molar-refractivity contribution < 1.29 is 9.47 Å². The minimum absolute atomic E-state index is 0.656. The number of hydrogen-bond acceptors (Lipinski definition) is 6. The third-order valence-electron chi connectivity index (χ3n) is 3.14. The van der Waals surface area contributed by atoms with Crippen LogP contribution >= 0.6 is 0 Å². The summed E-state index contributed by atoms with van der Waals surface area (Å²) in [7, 11) is 1.63. The van der Waals surface area contributed by atoms with Crippen molar-refractivity contribution in [3.8, 4) is 5.75 Å². The van der Waals surface area contributed by atoms with E-state index < -0.39 is 0 Å². The second kappa shape index (κ2) is 7.89. The Morgan fingerprint density at radius 3 is 2.50 bits per heavy atom. The van der Waals surface area contributed by atoms with Crippen molar-refractivity contribution in [1.29, 1.82) is 0 Å². The number of nitrogens with zero attached hydrogens (tertiary/aromatic N) is 2. The van der Waals surface area contributed by atoms with Gasteiger partial charge in [-0.05, 0) is 25.2 Å². The molecule has 1 aliphatic rings. The number of ether oxygens (including phenoxy) is 2. The first kappa shape index (κ1) is 14.8. The molecule has 0 amide bonds. The molecule has 6 heteroatoms. The lowest BCUT2D eigenvalue weighted by molar-refractivity contribution is 0.134. The molecule has 2 N–H and O–H groups in total. The summed E-state index contributed by atoms with van der Waals surface area (Å²) in [6.07, 6.45) is 5.21. The highest BCUT2D eigenvalue weighted by atomic mass is 16.5. The molecule has 2 rings (SSSR count). The van der Waals surface area contributed by atoms with Crippen molar-refractivity contribution >= 4 is 11.6 Å². The predicted octanol–water partition coefficient (Wildman–Crippen LogP) is 2.15. The molecule has 0 unspecified atom stereocenters. The third-order valence-corrected chi connectivity index (χ3v) is 3.14. The molecule has 0 aromatic carbocycles. The van der Waals surface area contributed by atoms with E-state index in [2.05, 4.69) is 27.5 Å². The van der Waals surface area contributed by atoms with Crippen molar-refractivity contribution in [1.82, 2.24) is 9.97 Å².